The van der Waals surface area contributed by atoms with Crippen LogP contribution in [0.5, 0.6) is 0 Å². The van der Waals surface area contributed by atoms with E-state index in [-0.39, 0.29) is 24.9 Å². The van der Waals surface area contributed by atoms with Gasteiger partial charge in [-0.1, -0.05) is 12.1 Å². The minimum Gasteiger partial charge on any atom is -0.443 e. The number of nitrogens with zero attached hydrogens (tertiary/aromatic N) is 6. The van der Waals surface area contributed by atoms with Gasteiger partial charge < -0.3 is 4.74 Å². The van der Waals surface area contributed by atoms with Gasteiger partial charge >= 0.3 is 12.3 Å². The number of amides is 1. The highest BCUT2D eigenvalue weighted by Crippen LogP contribution is 2.29. The van der Waals surface area contributed by atoms with Gasteiger partial charge in [0.1, 0.15) is 23.5 Å². The Morgan fingerprint density at radius 1 is 1.29 bits per heavy atom. The van der Waals surface area contributed by atoms with Crippen LogP contribution in [0.3, 0.4) is 0 Å². The first kappa shape index (κ1) is 24.5. The summed E-state index contributed by atoms with van der Waals surface area (Å²) in [5.41, 5.74) is 2.10. The van der Waals surface area contributed by atoms with Crippen LogP contribution in [0, 0.1) is 0 Å². The number of alkyl halides is 3. The molecule has 4 rings (SSSR count). The maximum atomic E-state index is 12.8. The second-order valence-corrected chi connectivity index (χ2v) is 8.53. The van der Waals surface area contributed by atoms with Crippen molar-refractivity contribution >= 4 is 11.8 Å². The minimum atomic E-state index is -4.32. The Morgan fingerprint density at radius 3 is 2.69 bits per heavy atom. The van der Waals surface area contributed by atoms with Crippen molar-refractivity contribution in [2.45, 2.75) is 31.7 Å². The quantitative estimate of drug-likeness (QED) is 0.528. The molecule has 1 saturated heterocycles. The lowest BCUT2D eigenvalue weighted by atomic mass is 10.1. The molecule has 0 bridgehead atoms. The number of aryl methyl sites for hydroxylation is 1. The van der Waals surface area contributed by atoms with Crippen molar-refractivity contribution in [2.24, 2.45) is 7.05 Å². The number of carbonyl (C=O) groups excluding carboxylic acids is 1. The molecule has 1 unspecified atom stereocenters. The molecule has 0 N–H and O–H groups in total. The molecule has 3 heterocycles. The number of hydrogen-bond acceptors (Lipinski definition) is 6. The highest BCUT2D eigenvalue weighted by Gasteiger charge is 2.45. The highest BCUT2D eigenvalue weighted by atomic mass is 19.4. The second-order valence-electron chi connectivity index (χ2n) is 8.53. The van der Waals surface area contributed by atoms with Crippen molar-refractivity contribution in [3.63, 3.8) is 0 Å². The monoisotopic (exact) mass is 490 g/mol. The van der Waals surface area contributed by atoms with Crippen molar-refractivity contribution in [1.29, 1.82) is 0 Å². The van der Waals surface area contributed by atoms with Gasteiger partial charge in [0.25, 0.3) is 0 Å². The molecule has 3 aromatic rings. The van der Waals surface area contributed by atoms with Crippen LogP contribution in [0.1, 0.15) is 18.2 Å². The van der Waals surface area contributed by atoms with Crippen molar-refractivity contribution in [3.05, 3.63) is 70.4 Å². The summed E-state index contributed by atoms with van der Waals surface area (Å²) in [6, 6.07) is 6.85. The molecule has 1 aromatic carbocycles. The summed E-state index contributed by atoms with van der Waals surface area (Å²) in [7, 11) is 3.30. The van der Waals surface area contributed by atoms with Gasteiger partial charge in [0.05, 0.1) is 12.4 Å². The van der Waals surface area contributed by atoms with Crippen LogP contribution in [0.25, 0.3) is 5.69 Å². The summed E-state index contributed by atoms with van der Waals surface area (Å²) in [5, 5.41) is 8.52. The molecule has 0 aliphatic carbocycles. The summed E-state index contributed by atoms with van der Waals surface area (Å²) in [6.45, 7) is 1.15. The standard InChI is InChI=1S/C23H25F3N6O3/c1-15(23(24,25)26)31-13-19(14-31)35-22(34)30(3)17-6-4-5-16(9-17)10-20-21(33)7-8-32(28-20)18-11-27-29(2)12-18/h4-9,11-12,15,19H,10,13-14H2,1-3H3. The van der Waals surface area contributed by atoms with Crippen LogP contribution in [-0.4, -0.2) is 69.0 Å². The highest BCUT2D eigenvalue weighted by molar-refractivity contribution is 5.87. The Balaban J connectivity index is 1.40. The van der Waals surface area contributed by atoms with E-state index in [0.717, 1.165) is 12.5 Å². The van der Waals surface area contributed by atoms with Crippen LogP contribution in [0.4, 0.5) is 23.7 Å². The van der Waals surface area contributed by atoms with Crippen LogP contribution >= 0.6 is 0 Å². The number of hydrogen-bond donors (Lipinski definition) is 0. The average Bonchev–Trinajstić information content (AvgIpc) is 3.22. The van der Waals surface area contributed by atoms with Gasteiger partial charge in [0, 0.05) is 51.6 Å². The smallest absolute Gasteiger partial charge is 0.414 e. The number of aromatic nitrogens is 4. The van der Waals surface area contributed by atoms with Crippen LogP contribution in [-0.2, 0) is 18.2 Å². The molecule has 12 heteroatoms. The SMILES string of the molecule is CC(N1CC(OC(=O)N(C)c2cccc(Cc3nn(-c4cnn(C)c4)ccc3=O)c2)C1)C(F)(F)F. The van der Waals surface area contributed by atoms with Gasteiger partial charge in [-0.05, 0) is 24.6 Å². The summed E-state index contributed by atoms with van der Waals surface area (Å²) in [5.74, 6) is 0. The first-order chi connectivity index (χ1) is 16.5. The molecule has 1 amide bonds. The number of rotatable bonds is 6. The van der Waals surface area contributed by atoms with Gasteiger partial charge in [0.2, 0.25) is 5.43 Å². The maximum absolute atomic E-state index is 12.8. The number of benzene rings is 1. The van der Waals surface area contributed by atoms with E-state index in [2.05, 4.69) is 10.2 Å². The first-order valence-corrected chi connectivity index (χ1v) is 10.9. The molecule has 2 aromatic heterocycles. The molecule has 1 atom stereocenters. The van der Waals surface area contributed by atoms with Gasteiger partial charge in [-0.2, -0.15) is 23.4 Å². The molecular weight excluding hydrogens is 465 g/mol. The predicted molar refractivity (Wildman–Crippen MR) is 122 cm³/mol. The Morgan fingerprint density at radius 2 is 2.03 bits per heavy atom. The number of carbonyl (C=O) groups is 1. The van der Waals surface area contributed by atoms with Crippen LogP contribution in [0.15, 0.2) is 53.7 Å². The summed E-state index contributed by atoms with van der Waals surface area (Å²) < 4.78 is 46.9. The summed E-state index contributed by atoms with van der Waals surface area (Å²) >= 11 is 0. The van der Waals surface area contributed by atoms with Crippen molar-refractivity contribution in [1.82, 2.24) is 24.5 Å². The van der Waals surface area contributed by atoms with E-state index in [0.29, 0.717) is 17.1 Å². The number of likely N-dealkylation sites (tertiary alicyclic amines) is 1. The van der Waals surface area contributed by atoms with Crippen LogP contribution < -0.4 is 10.3 Å². The van der Waals surface area contributed by atoms with E-state index in [1.807, 2.05) is 6.07 Å². The zero-order valence-electron chi connectivity index (χ0n) is 19.4. The Bertz CT molecular complexity index is 1270. The van der Waals surface area contributed by atoms with Gasteiger partial charge in [0.15, 0.2) is 0 Å². The van der Waals surface area contributed by atoms with E-state index in [1.165, 1.54) is 22.9 Å². The molecule has 1 aliphatic heterocycles. The topological polar surface area (TPSA) is 85.5 Å². The third-order valence-electron chi connectivity index (χ3n) is 5.94. The largest absolute Gasteiger partial charge is 0.443 e. The Kier molecular flexibility index (Phi) is 6.66. The van der Waals surface area contributed by atoms with E-state index in [9.17, 15) is 22.8 Å². The van der Waals surface area contributed by atoms with E-state index in [1.54, 1.807) is 53.2 Å². The van der Waals surface area contributed by atoms with Crippen LogP contribution in [0.2, 0.25) is 0 Å². The van der Waals surface area contributed by atoms with E-state index in [4.69, 9.17) is 4.74 Å². The lowest BCUT2D eigenvalue weighted by molar-refractivity contribution is -0.198. The fourth-order valence-corrected chi connectivity index (χ4v) is 3.70. The van der Waals surface area contributed by atoms with E-state index >= 15 is 0 Å². The molecule has 0 radical (unpaired) electrons. The number of anilines is 1. The Labute approximate surface area is 199 Å². The molecule has 186 valence electrons. The zero-order chi connectivity index (χ0) is 25.3. The second kappa shape index (κ2) is 9.53. The van der Waals surface area contributed by atoms with Gasteiger partial charge in [-0.25, -0.2) is 9.48 Å². The zero-order valence-corrected chi connectivity index (χ0v) is 19.4. The number of ether oxygens (including phenoxy) is 1. The third kappa shape index (κ3) is 5.53. The molecule has 0 spiro atoms. The Hall–Kier alpha value is -3.67. The molecule has 1 aliphatic rings. The first-order valence-electron chi connectivity index (χ1n) is 10.9. The predicted octanol–water partition coefficient (Wildman–Crippen LogP) is 2.76. The molecule has 35 heavy (non-hydrogen) atoms. The van der Waals surface area contributed by atoms with Gasteiger partial charge in [-0.3, -0.25) is 19.3 Å². The lowest BCUT2D eigenvalue weighted by Crippen LogP contribution is -2.60. The summed E-state index contributed by atoms with van der Waals surface area (Å²) in [6.07, 6.45) is -0.369. The molecular formula is C23H25F3N6O3. The maximum Gasteiger partial charge on any atom is 0.414 e. The van der Waals surface area contributed by atoms with Crippen molar-refractivity contribution in [3.8, 4) is 5.69 Å². The summed E-state index contributed by atoms with van der Waals surface area (Å²) in [4.78, 5) is 27.4. The average molecular weight is 490 g/mol. The normalized spacial score (nSPS) is 15.5. The third-order valence-corrected chi connectivity index (χ3v) is 5.94. The minimum absolute atomic E-state index is 0.0309. The number of halogens is 3. The van der Waals surface area contributed by atoms with Crippen molar-refractivity contribution < 1.29 is 22.7 Å². The molecule has 9 nitrogen and oxygen atoms in total. The fourth-order valence-electron chi connectivity index (χ4n) is 3.70. The van der Waals surface area contributed by atoms with E-state index < -0.39 is 24.4 Å². The fraction of sp³-hybridized carbons (Fsp3) is 0.391. The van der Waals surface area contributed by atoms with Crippen molar-refractivity contribution in [2.75, 3.05) is 25.0 Å². The molecule has 1 fully saturated rings. The molecule has 0 saturated carbocycles. The lowest BCUT2D eigenvalue weighted by Gasteiger charge is -2.42. The van der Waals surface area contributed by atoms with Gasteiger partial charge in [-0.15, -0.1) is 0 Å².